The molecule has 1 aliphatic rings. The van der Waals surface area contributed by atoms with Crippen molar-refractivity contribution in [2.45, 2.75) is 25.8 Å². The van der Waals surface area contributed by atoms with Crippen LogP contribution in [0, 0.1) is 5.41 Å². The van der Waals surface area contributed by atoms with Crippen LogP contribution in [0.3, 0.4) is 0 Å². The maximum Gasteiger partial charge on any atom is 2.00 e. The number of alkyl halides is 3. The summed E-state index contributed by atoms with van der Waals surface area (Å²) in [6.45, 7) is 0.965. The Bertz CT molecular complexity index is 2770. The van der Waals surface area contributed by atoms with Gasteiger partial charge in [0.05, 0.1) is 41.6 Å². The maximum atomic E-state index is 12.6. The molecular formula is C46H30F3N7O6RuS3. The number of hydrogen-bond donors (Lipinski definition) is 1. The maximum absolute atomic E-state index is 12.6. The van der Waals surface area contributed by atoms with Gasteiger partial charge in [0.1, 0.15) is 5.71 Å². The Morgan fingerprint density at radius 1 is 0.682 bits per heavy atom. The van der Waals surface area contributed by atoms with Crippen LogP contribution in [0.2, 0.25) is 0 Å². The Morgan fingerprint density at radius 3 is 1.70 bits per heavy atom. The molecule has 0 saturated carbocycles. The predicted octanol–water partition coefficient (Wildman–Crippen LogP) is 11.6. The number of carbonyl (C=O) groups excluding carboxylic acids is 3. The molecule has 0 radical (unpaired) electrons. The minimum Gasteiger partial charge on any atom is -0.753 e. The summed E-state index contributed by atoms with van der Waals surface area (Å²) in [6.07, 6.45) is 8.97. The minimum absolute atomic E-state index is 0. The van der Waals surface area contributed by atoms with E-state index in [-0.39, 0.29) is 25.2 Å². The van der Waals surface area contributed by atoms with Gasteiger partial charge >= 0.3 is 25.7 Å². The summed E-state index contributed by atoms with van der Waals surface area (Å²) < 4.78 is 51.6. The molecule has 7 rings (SSSR count). The van der Waals surface area contributed by atoms with Gasteiger partial charge in [0, 0.05) is 43.9 Å². The van der Waals surface area contributed by atoms with Crippen molar-refractivity contribution in [2.24, 2.45) is 0 Å². The van der Waals surface area contributed by atoms with E-state index in [2.05, 4.69) is 58.5 Å². The van der Waals surface area contributed by atoms with Crippen LogP contribution in [0.4, 0.5) is 13.2 Å². The van der Waals surface area contributed by atoms with Crippen molar-refractivity contribution in [2.75, 3.05) is 0 Å². The fourth-order valence-electron chi connectivity index (χ4n) is 5.56. The zero-order valence-electron chi connectivity index (χ0n) is 33.6. The number of carbonyl (C=O) groups is 3. The number of thiocarbonyl (C=S) groups is 1. The molecule has 0 atom stereocenters. The second-order valence-corrected chi connectivity index (χ2v) is 14.8. The average Bonchev–Trinajstić information content (AvgIpc) is 3.31. The summed E-state index contributed by atoms with van der Waals surface area (Å²) in [7, 11) is 0. The SMILES string of the molecule is N=C(/C=C(\[NH-])c1cc(-c2cccc3c2Sc2ccccc2S3)ccn1)C(F)(F)F.O=CO/C=C/c1ccnc(-c2cc(/C=C/OC=O)cc(-c3cc(/C=C/OC=O)ccn3)n2)c1.[N-]=C=S.[Ru+2]. The van der Waals surface area contributed by atoms with Gasteiger partial charge in [-0.05, 0) is 119 Å². The molecule has 20 heteroatoms. The van der Waals surface area contributed by atoms with Gasteiger partial charge in [-0.15, -0.1) is 5.70 Å². The van der Waals surface area contributed by atoms with Crippen molar-refractivity contribution in [3.63, 3.8) is 0 Å². The van der Waals surface area contributed by atoms with Gasteiger partial charge in [-0.3, -0.25) is 34.7 Å². The van der Waals surface area contributed by atoms with E-state index in [1.165, 1.54) is 35.0 Å². The van der Waals surface area contributed by atoms with Crippen LogP contribution in [0.25, 0.3) is 69.0 Å². The van der Waals surface area contributed by atoms with Crippen LogP contribution in [0.1, 0.15) is 22.4 Å². The number of benzene rings is 2. The van der Waals surface area contributed by atoms with Gasteiger partial charge in [0.2, 0.25) is 0 Å². The van der Waals surface area contributed by atoms with Crippen molar-refractivity contribution >= 4 is 90.0 Å². The van der Waals surface area contributed by atoms with Crippen LogP contribution in [-0.4, -0.2) is 56.4 Å². The summed E-state index contributed by atoms with van der Waals surface area (Å²) >= 11 is 7.02. The van der Waals surface area contributed by atoms with Crippen molar-refractivity contribution in [3.05, 3.63) is 168 Å². The molecule has 0 saturated heterocycles. The zero-order chi connectivity index (χ0) is 46.6. The first-order valence-corrected chi connectivity index (χ1v) is 20.4. The minimum atomic E-state index is -4.79. The molecule has 4 aromatic heterocycles. The number of isothiocyanates is 1. The Kier molecular flexibility index (Phi) is 20.2. The molecule has 66 heavy (non-hydrogen) atoms. The third-order valence-electron chi connectivity index (χ3n) is 8.33. The molecule has 2 N–H and O–H groups in total. The first kappa shape index (κ1) is 51.4. The quantitative estimate of drug-likeness (QED) is 0.0270. The number of halogens is 3. The molecule has 0 fully saturated rings. The molecule has 0 amide bonds. The average molecular weight is 1030 g/mol. The molecule has 2 aromatic carbocycles. The van der Waals surface area contributed by atoms with E-state index in [0.717, 1.165) is 36.9 Å². The van der Waals surface area contributed by atoms with Crippen LogP contribution >= 0.6 is 35.7 Å². The van der Waals surface area contributed by atoms with Crippen molar-refractivity contribution in [1.82, 2.24) is 19.9 Å². The van der Waals surface area contributed by atoms with Gasteiger partial charge in [-0.1, -0.05) is 60.0 Å². The topological polar surface area (TPSA) is 200 Å². The van der Waals surface area contributed by atoms with E-state index >= 15 is 0 Å². The van der Waals surface area contributed by atoms with Gasteiger partial charge in [0.25, 0.3) is 19.4 Å². The second-order valence-electron chi connectivity index (χ2n) is 12.5. The Morgan fingerprint density at radius 2 is 1.17 bits per heavy atom. The summed E-state index contributed by atoms with van der Waals surface area (Å²) in [4.78, 5) is 53.1. The summed E-state index contributed by atoms with van der Waals surface area (Å²) in [5.74, 6) is 0. The molecule has 332 valence electrons. The summed E-state index contributed by atoms with van der Waals surface area (Å²) in [6, 6.07) is 28.0. The Hall–Kier alpha value is -7.21. The number of ether oxygens (including phenoxy) is 3. The monoisotopic (exact) mass is 1030 g/mol. The summed E-state index contributed by atoms with van der Waals surface area (Å²) in [5.41, 5.74) is 12.0. The van der Waals surface area contributed by atoms with Gasteiger partial charge in [-0.2, -0.15) is 18.3 Å². The van der Waals surface area contributed by atoms with E-state index in [4.69, 9.17) is 16.6 Å². The van der Waals surface area contributed by atoms with E-state index in [9.17, 15) is 27.6 Å². The van der Waals surface area contributed by atoms with Crippen molar-refractivity contribution in [3.8, 4) is 33.9 Å². The van der Waals surface area contributed by atoms with E-state index in [0.29, 0.717) is 53.8 Å². The van der Waals surface area contributed by atoms with Gasteiger partial charge in [-0.25, -0.2) is 4.98 Å². The first-order chi connectivity index (χ1) is 31.5. The van der Waals surface area contributed by atoms with Crippen LogP contribution in [-0.2, 0) is 48.1 Å². The molecule has 0 bridgehead atoms. The zero-order valence-corrected chi connectivity index (χ0v) is 37.8. The van der Waals surface area contributed by atoms with Crippen LogP contribution in [0.5, 0.6) is 0 Å². The fraction of sp³-hybridized carbons (Fsp3) is 0.0217. The molecule has 0 spiro atoms. The van der Waals surface area contributed by atoms with Crippen molar-refractivity contribution < 1.29 is 61.2 Å². The number of allylic oxidation sites excluding steroid dienone is 1. The molecule has 1 aliphatic heterocycles. The van der Waals surface area contributed by atoms with E-state index in [1.54, 1.807) is 103 Å². The van der Waals surface area contributed by atoms with Gasteiger partial charge in [0.15, 0.2) is 0 Å². The Balaban J connectivity index is 0.000000270. The number of rotatable bonds is 14. The van der Waals surface area contributed by atoms with Gasteiger partial charge < -0.3 is 25.4 Å². The predicted molar refractivity (Wildman–Crippen MR) is 246 cm³/mol. The standard InChI is InChI=1S/C24H17N3O6.C21H13F3N3S2.CNS.Ru/c28-15-31-8-3-18-1-6-25-21(11-18)23-13-20(5-10-33-17-30)14-24(27-23)22-12-19(2-7-26-22)4-9-32-16-29;22-21(23,24)19(26)11-14(25)15-10-12(8-9-27-15)13-4-3-7-18-20(13)29-17-6-2-1-5-16(17)28-18;2-1-3;/h1-17H;1-11,25-26H;;/q;2*-1;+2/b8-3+,9-4+,10-5+;14-11-,26-19?;;. The molecule has 5 heterocycles. The number of nitrogens with one attached hydrogen (secondary N) is 2. The largest absolute Gasteiger partial charge is 2.00 e. The van der Waals surface area contributed by atoms with E-state index in [1.807, 2.05) is 30.3 Å². The fourth-order valence-corrected chi connectivity index (χ4v) is 7.96. The van der Waals surface area contributed by atoms with E-state index < -0.39 is 17.6 Å². The number of nitrogens with zero attached hydrogens (tertiary/aromatic N) is 5. The van der Waals surface area contributed by atoms with Crippen LogP contribution in [0.15, 0.2) is 154 Å². The van der Waals surface area contributed by atoms with Crippen molar-refractivity contribution in [1.29, 1.82) is 5.41 Å². The molecule has 0 aliphatic carbocycles. The number of aromatic nitrogens is 4. The van der Waals surface area contributed by atoms with Crippen LogP contribution < -0.4 is 0 Å². The first-order valence-electron chi connectivity index (χ1n) is 18.3. The number of fused-ring (bicyclic) bond motifs is 2. The number of pyridine rings is 4. The third kappa shape index (κ3) is 14.9. The molecule has 6 aromatic rings. The second kappa shape index (κ2) is 25.9. The summed E-state index contributed by atoms with van der Waals surface area (Å²) in [5, 5.41) is 15.5. The third-order valence-corrected chi connectivity index (χ3v) is 10.9. The Labute approximate surface area is 401 Å². The molecule has 13 nitrogen and oxygen atoms in total. The molecular weight excluding hydrogens is 1000 g/mol. The smallest absolute Gasteiger partial charge is 0.753 e. The number of hydrogen-bond acceptors (Lipinski definition) is 14. The normalized spacial score (nSPS) is 11.6. The molecule has 0 unspecified atom stereocenters.